The molecule has 2 rings (SSSR count). The maximum absolute atomic E-state index is 12.5. The molecule has 1 aromatic heterocycles. The first-order chi connectivity index (χ1) is 11.3. The molecule has 2 aromatic rings. The van der Waals surface area contributed by atoms with Crippen LogP contribution in [0.4, 0.5) is 0 Å². The van der Waals surface area contributed by atoms with E-state index in [2.05, 4.69) is 24.1 Å². The van der Waals surface area contributed by atoms with E-state index in [1.807, 2.05) is 49.4 Å². The molecule has 2 N–H and O–H groups in total. The van der Waals surface area contributed by atoms with Crippen LogP contribution in [0.2, 0.25) is 0 Å². The number of carbonyl (C=O) groups excluding carboxylic acids is 1. The van der Waals surface area contributed by atoms with Gasteiger partial charge in [-0.3, -0.25) is 9.78 Å². The molecule has 0 fully saturated rings. The van der Waals surface area contributed by atoms with E-state index in [4.69, 9.17) is 0 Å². The smallest absolute Gasteiger partial charge is 0.223 e. The fourth-order valence-corrected chi connectivity index (χ4v) is 2.81. The number of aromatic nitrogens is 1. The minimum Gasteiger partial charge on any atom is -0.385 e. The molecule has 128 valence electrons. The summed E-state index contributed by atoms with van der Waals surface area (Å²) < 4.78 is 0. The van der Waals surface area contributed by atoms with Gasteiger partial charge in [0.05, 0.1) is 23.8 Å². The van der Waals surface area contributed by atoms with Crippen LogP contribution < -0.4 is 5.32 Å². The number of amides is 1. The quantitative estimate of drug-likeness (QED) is 0.854. The number of rotatable bonds is 6. The van der Waals surface area contributed by atoms with Crippen molar-refractivity contribution in [2.24, 2.45) is 5.92 Å². The Labute approximate surface area is 143 Å². The Morgan fingerprint density at radius 2 is 1.88 bits per heavy atom. The minimum absolute atomic E-state index is 0.00607. The normalized spacial score (nSPS) is 14.9. The molecule has 4 nitrogen and oxygen atoms in total. The molecule has 1 aromatic carbocycles. The van der Waals surface area contributed by atoms with E-state index in [0.29, 0.717) is 0 Å². The van der Waals surface area contributed by atoms with Gasteiger partial charge in [0.1, 0.15) is 0 Å². The number of aryl methyl sites for hydroxylation is 1. The summed E-state index contributed by atoms with van der Waals surface area (Å²) in [6.07, 6.45) is 1.75. The van der Waals surface area contributed by atoms with Crippen LogP contribution in [0.15, 0.2) is 48.7 Å². The number of hydrogen-bond donors (Lipinski definition) is 2. The third-order valence-electron chi connectivity index (χ3n) is 4.23. The van der Waals surface area contributed by atoms with Gasteiger partial charge in [0.15, 0.2) is 0 Å². The Morgan fingerprint density at radius 3 is 2.46 bits per heavy atom. The molecule has 0 aliphatic heterocycles. The van der Waals surface area contributed by atoms with Crippen LogP contribution in [-0.4, -0.2) is 16.0 Å². The molecular weight excluding hydrogens is 300 g/mol. The first-order valence-corrected chi connectivity index (χ1v) is 8.30. The highest BCUT2D eigenvalue weighted by atomic mass is 16.3. The molecule has 0 saturated heterocycles. The van der Waals surface area contributed by atoms with E-state index in [9.17, 15) is 9.90 Å². The molecule has 0 bridgehead atoms. The van der Waals surface area contributed by atoms with Crippen LogP contribution in [0.25, 0.3) is 0 Å². The maximum Gasteiger partial charge on any atom is 0.223 e. The lowest BCUT2D eigenvalue weighted by atomic mass is 9.91. The average Bonchev–Trinajstić information content (AvgIpc) is 2.53. The summed E-state index contributed by atoms with van der Waals surface area (Å²) >= 11 is 0. The molecule has 0 aliphatic rings. The monoisotopic (exact) mass is 326 g/mol. The zero-order chi connectivity index (χ0) is 17.7. The van der Waals surface area contributed by atoms with Gasteiger partial charge in [-0.2, -0.15) is 0 Å². The summed E-state index contributed by atoms with van der Waals surface area (Å²) in [7, 11) is 0. The van der Waals surface area contributed by atoms with Gasteiger partial charge >= 0.3 is 0 Å². The van der Waals surface area contributed by atoms with Gasteiger partial charge in [-0.05, 0) is 37.0 Å². The largest absolute Gasteiger partial charge is 0.385 e. The summed E-state index contributed by atoms with van der Waals surface area (Å²) in [5, 5.41) is 13.7. The van der Waals surface area contributed by atoms with Gasteiger partial charge in [0.2, 0.25) is 5.91 Å². The third kappa shape index (κ3) is 4.42. The van der Waals surface area contributed by atoms with Gasteiger partial charge in [-0.1, -0.05) is 50.2 Å². The van der Waals surface area contributed by atoms with Crippen molar-refractivity contribution >= 4 is 5.91 Å². The van der Waals surface area contributed by atoms with Crippen molar-refractivity contribution in [2.45, 2.75) is 45.8 Å². The SMILES string of the molecule is Cc1cccnc1C(NC(=O)CC(C)(O)c1ccccc1)C(C)C. The highest BCUT2D eigenvalue weighted by molar-refractivity contribution is 5.77. The molecular formula is C20H26N2O2. The van der Waals surface area contributed by atoms with Gasteiger partial charge in [0.25, 0.3) is 0 Å². The maximum atomic E-state index is 12.5. The molecule has 0 radical (unpaired) electrons. The molecule has 2 unspecified atom stereocenters. The van der Waals surface area contributed by atoms with Crippen LogP contribution in [0, 0.1) is 12.8 Å². The van der Waals surface area contributed by atoms with Crippen molar-refractivity contribution in [1.82, 2.24) is 10.3 Å². The van der Waals surface area contributed by atoms with Crippen molar-refractivity contribution < 1.29 is 9.90 Å². The lowest BCUT2D eigenvalue weighted by molar-refractivity contribution is -0.127. The Morgan fingerprint density at radius 1 is 1.21 bits per heavy atom. The van der Waals surface area contributed by atoms with Gasteiger partial charge in [-0.15, -0.1) is 0 Å². The van der Waals surface area contributed by atoms with E-state index in [1.165, 1.54) is 0 Å². The number of carbonyl (C=O) groups is 1. The molecule has 1 heterocycles. The average molecular weight is 326 g/mol. The minimum atomic E-state index is -1.20. The first kappa shape index (κ1) is 18.1. The fourth-order valence-electron chi connectivity index (χ4n) is 2.81. The van der Waals surface area contributed by atoms with E-state index in [0.717, 1.165) is 16.8 Å². The van der Waals surface area contributed by atoms with E-state index in [1.54, 1.807) is 13.1 Å². The summed E-state index contributed by atoms with van der Waals surface area (Å²) in [6, 6.07) is 13.0. The van der Waals surface area contributed by atoms with Crippen LogP contribution in [0.3, 0.4) is 0 Å². The molecule has 2 atom stereocenters. The molecule has 4 heteroatoms. The number of pyridine rings is 1. The zero-order valence-corrected chi connectivity index (χ0v) is 14.8. The lowest BCUT2D eigenvalue weighted by Gasteiger charge is -2.27. The van der Waals surface area contributed by atoms with Crippen molar-refractivity contribution in [3.8, 4) is 0 Å². The topological polar surface area (TPSA) is 62.2 Å². The number of benzene rings is 1. The van der Waals surface area contributed by atoms with Crippen LogP contribution in [0.5, 0.6) is 0 Å². The predicted octanol–water partition coefficient (Wildman–Crippen LogP) is 3.50. The fraction of sp³-hybridized carbons (Fsp3) is 0.400. The van der Waals surface area contributed by atoms with Crippen LogP contribution in [0.1, 0.15) is 50.1 Å². The van der Waals surface area contributed by atoms with Crippen molar-refractivity contribution in [3.05, 3.63) is 65.5 Å². The molecule has 0 saturated carbocycles. The van der Waals surface area contributed by atoms with Crippen LogP contribution in [-0.2, 0) is 10.4 Å². The van der Waals surface area contributed by atoms with Crippen molar-refractivity contribution in [1.29, 1.82) is 0 Å². The Kier molecular flexibility index (Phi) is 5.73. The summed E-state index contributed by atoms with van der Waals surface area (Å²) in [4.78, 5) is 17.0. The van der Waals surface area contributed by atoms with Crippen molar-refractivity contribution in [2.75, 3.05) is 0 Å². The van der Waals surface area contributed by atoms with Crippen LogP contribution >= 0.6 is 0 Å². The van der Waals surface area contributed by atoms with E-state index in [-0.39, 0.29) is 24.3 Å². The lowest BCUT2D eigenvalue weighted by Crippen LogP contribution is -2.37. The summed E-state index contributed by atoms with van der Waals surface area (Å²) in [5.41, 5.74) is 1.45. The third-order valence-corrected chi connectivity index (χ3v) is 4.23. The second kappa shape index (κ2) is 7.58. The van der Waals surface area contributed by atoms with Crippen molar-refractivity contribution in [3.63, 3.8) is 0 Å². The van der Waals surface area contributed by atoms with Gasteiger partial charge < -0.3 is 10.4 Å². The highest BCUT2D eigenvalue weighted by Crippen LogP contribution is 2.26. The standard InChI is InChI=1S/C20H26N2O2/c1-14(2)18(19-15(3)9-8-12-21-19)22-17(23)13-20(4,24)16-10-6-5-7-11-16/h5-12,14,18,24H,13H2,1-4H3,(H,22,23). The Bertz CT molecular complexity index is 681. The Balaban J connectivity index is 2.13. The molecule has 0 aliphatic carbocycles. The predicted molar refractivity (Wildman–Crippen MR) is 95.3 cm³/mol. The molecule has 0 spiro atoms. The number of aliphatic hydroxyl groups is 1. The number of hydrogen-bond acceptors (Lipinski definition) is 3. The van der Waals surface area contributed by atoms with E-state index < -0.39 is 5.60 Å². The molecule has 1 amide bonds. The highest BCUT2D eigenvalue weighted by Gasteiger charge is 2.29. The summed E-state index contributed by atoms with van der Waals surface area (Å²) in [6.45, 7) is 7.76. The zero-order valence-electron chi connectivity index (χ0n) is 14.8. The number of nitrogens with zero attached hydrogens (tertiary/aromatic N) is 1. The second-order valence-electron chi connectivity index (χ2n) is 6.81. The second-order valence-corrected chi connectivity index (χ2v) is 6.81. The number of nitrogens with one attached hydrogen (secondary N) is 1. The van der Waals surface area contributed by atoms with Gasteiger partial charge in [0, 0.05) is 6.20 Å². The first-order valence-electron chi connectivity index (χ1n) is 8.30. The van der Waals surface area contributed by atoms with E-state index >= 15 is 0 Å². The van der Waals surface area contributed by atoms with Gasteiger partial charge in [-0.25, -0.2) is 0 Å². The molecule has 24 heavy (non-hydrogen) atoms. The Hall–Kier alpha value is -2.20. The summed E-state index contributed by atoms with van der Waals surface area (Å²) in [5.74, 6) is 0.0110.